The van der Waals surface area contributed by atoms with Crippen LogP contribution >= 0.6 is 0 Å². The molecule has 0 spiro atoms. The van der Waals surface area contributed by atoms with Gasteiger partial charge in [0.2, 0.25) is 0 Å². The van der Waals surface area contributed by atoms with E-state index in [0.29, 0.717) is 35.0 Å². The van der Waals surface area contributed by atoms with Crippen LogP contribution < -0.4 is 5.56 Å². The molecule has 1 aliphatic carbocycles. The Kier molecular flexibility index (Phi) is 4.86. The van der Waals surface area contributed by atoms with Gasteiger partial charge in [0.05, 0.1) is 11.6 Å². The molecule has 0 bridgehead atoms. The van der Waals surface area contributed by atoms with Crippen LogP contribution in [0.2, 0.25) is 0 Å². The molecule has 2 heterocycles. The summed E-state index contributed by atoms with van der Waals surface area (Å²) in [7, 11) is 1.75. The molecule has 1 aliphatic rings. The third kappa shape index (κ3) is 3.18. The minimum absolute atomic E-state index is 0.183. The quantitative estimate of drug-likeness (QED) is 0.678. The topological polar surface area (TPSA) is 58.1 Å². The number of aryl methyl sites for hydroxylation is 1. The van der Waals surface area contributed by atoms with Gasteiger partial charge >= 0.3 is 0 Å². The van der Waals surface area contributed by atoms with Gasteiger partial charge in [0, 0.05) is 30.9 Å². The highest BCUT2D eigenvalue weighted by atomic mass is 19.1. The first-order valence-corrected chi connectivity index (χ1v) is 9.80. The summed E-state index contributed by atoms with van der Waals surface area (Å²) in [6, 6.07) is 6.70. The van der Waals surface area contributed by atoms with Gasteiger partial charge in [-0.15, -0.1) is 6.58 Å². The first kappa shape index (κ1) is 19.2. The number of hydrogen-bond acceptors (Lipinski definition) is 2. The molecule has 29 heavy (non-hydrogen) atoms. The van der Waals surface area contributed by atoms with Crippen LogP contribution in [-0.4, -0.2) is 27.4 Å². The number of H-pyrrole nitrogens is 1. The molecule has 2 aromatic heterocycles. The van der Waals surface area contributed by atoms with Crippen molar-refractivity contribution < 1.29 is 9.18 Å². The van der Waals surface area contributed by atoms with Crippen LogP contribution in [0.3, 0.4) is 0 Å². The van der Waals surface area contributed by atoms with Crippen molar-refractivity contribution in [1.29, 1.82) is 0 Å². The van der Waals surface area contributed by atoms with Gasteiger partial charge in [0.25, 0.3) is 11.5 Å². The number of hydrogen-bond donors (Lipinski definition) is 1. The van der Waals surface area contributed by atoms with E-state index in [1.807, 2.05) is 19.1 Å². The molecule has 6 heteroatoms. The zero-order valence-electron chi connectivity index (χ0n) is 16.7. The van der Waals surface area contributed by atoms with Crippen LogP contribution in [-0.2, 0) is 13.0 Å². The summed E-state index contributed by atoms with van der Waals surface area (Å²) in [5, 5.41) is 0.611. The molecule has 0 saturated heterocycles. The number of carbonyl (C=O) groups excluding carboxylic acids is 1. The highest BCUT2D eigenvalue weighted by molar-refractivity contribution is 6.06. The lowest BCUT2D eigenvalue weighted by Gasteiger charge is -2.33. The number of nitrogens with zero attached hydrogens (tertiary/aromatic N) is 2. The van der Waals surface area contributed by atoms with Crippen LogP contribution in [0.25, 0.3) is 10.9 Å². The maximum absolute atomic E-state index is 14.3. The van der Waals surface area contributed by atoms with Crippen molar-refractivity contribution in [3.63, 3.8) is 0 Å². The zero-order chi connectivity index (χ0) is 20.7. The second-order valence-electron chi connectivity index (χ2n) is 7.66. The van der Waals surface area contributed by atoms with Gasteiger partial charge in [0.1, 0.15) is 11.3 Å². The van der Waals surface area contributed by atoms with Crippen molar-refractivity contribution in [2.45, 2.75) is 38.8 Å². The minimum Gasteiger partial charge on any atom is -0.354 e. The van der Waals surface area contributed by atoms with Crippen molar-refractivity contribution in [1.82, 2.24) is 14.5 Å². The third-order valence-electron chi connectivity index (χ3n) is 5.76. The predicted molar refractivity (Wildman–Crippen MR) is 112 cm³/mol. The number of pyridine rings is 1. The third-order valence-corrected chi connectivity index (χ3v) is 5.76. The molecule has 150 valence electrons. The molecule has 5 nitrogen and oxygen atoms in total. The first-order valence-electron chi connectivity index (χ1n) is 9.80. The minimum atomic E-state index is -0.212. The summed E-state index contributed by atoms with van der Waals surface area (Å²) in [4.78, 5) is 31.0. The number of aromatic nitrogens is 2. The van der Waals surface area contributed by atoms with Crippen molar-refractivity contribution in [2.24, 2.45) is 0 Å². The lowest BCUT2D eigenvalue weighted by molar-refractivity contribution is 0.0715. The predicted octanol–water partition coefficient (Wildman–Crippen LogP) is 4.11. The molecule has 4 rings (SSSR count). The Balaban J connectivity index is 1.80. The van der Waals surface area contributed by atoms with Gasteiger partial charge in [0.15, 0.2) is 0 Å². The van der Waals surface area contributed by atoms with Crippen LogP contribution in [0, 0.1) is 12.7 Å². The second kappa shape index (κ2) is 7.35. The van der Waals surface area contributed by atoms with Crippen molar-refractivity contribution in [3.05, 3.63) is 81.7 Å². The molecule has 1 amide bonds. The van der Waals surface area contributed by atoms with E-state index in [0.717, 1.165) is 24.1 Å². The molecule has 0 aliphatic heterocycles. The van der Waals surface area contributed by atoms with Crippen LogP contribution in [0.1, 0.15) is 46.1 Å². The Labute approximate surface area is 168 Å². The molecule has 1 unspecified atom stereocenters. The summed E-state index contributed by atoms with van der Waals surface area (Å²) in [6.07, 6.45) is 5.52. The zero-order valence-corrected chi connectivity index (χ0v) is 16.7. The van der Waals surface area contributed by atoms with Crippen molar-refractivity contribution in [3.8, 4) is 0 Å². The number of nitrogens with one attached hydrogen (secondary N) is 1. The van der Waals surface area contributed by atoms with Crippen LogP contribution in [0.15, 0.2) is 47.9 Å². The highest BCUT2D eigenvalue weighted by Gasteiger charge is 2.30. The Morgan fingerprint density at radius 2 is 2.24 bits per heavy atom. The maximum atomic E-state index is 14.3. The van der Waals surface area contributed by atoms with Gasteiger partial charge in [-0.25, -0.2) is 4.39 Å². The molecular formula is C23H24FN3O2. The number of rotatable bonds is 4. The number of halogens is 1. The Morgan fingerprint density at radius 3 is 3.00 bits per heavy atom. The molecule has 1 aromatic carbocycles. The largest absolute Gasteiger partial charge is 0.354 e. The smallest absolute Gasteiger partial charge is 0.275 e. The highest BCUT2D eigenvalue weighted by Crippen LogP contribution is 2.36. The fraction of sp³-hybridized carbons (Fsp3) is 0.304. The van der Waals surface area contributed by atoms with Crippen molar-refractivity contribution in [2.75, 3.05) is 7.05 Å². The van der Waals surface area contributed by atoms with Crippen LogP contribution in [0.4, 0.5) is 4.39 Å². The first-order chi connectivity index (χ1) is 13.9. The normalized spacial score (nSPS) is 15.9. The van der Waals surface area contributed by atoms with E-state index in [2.05, 4.69) is 11.6 Å². The van der Waals surface area contributed by atoms with Gasteiger partial charge in [-0.3, -0.25) is 9.59 Å². The average molecular weight is 393 g/mol. The molecule has 0 fully saturated rings. The van der Waals surface area contributed by atoms with Gasteiger partial charge < -0.3 is 14.5 Å². The SMILES string of the molecule is C=CCn1cc(C(=O)N(C)C2CCCc3c(F)cccc32)c2cc(C)[nH]c2c1=O. The van der Waals surface area contributed by atoms with E-state index < -0.39 is 0 Å². The Bertz CT molecular complexity index is 1170. The summed E-state index contributed by atoms with van der Waals surface area (Å²) in [5.41, 5.74) is 3.07. The molecular weight excluding hydrogens is 369 g/mol. The Morgan fingerprint density at radius 1 is 1.45 bits per heavy atom. The average Bonchev–Trinajstić information content (AvgIpc) is 3.11. The number of allylic oxidation sites excluding steroid dienone is 1. The van der Waals surface area contributed by atoms with Crippen molar-refractivity contribution >= 4 is 16.8 Å². The monoisotopic (exact) mass is 393 g/mol. The summed E-state index contributed by atoms with van der Waals surface area (Å²) in [5.74, 6) is -0.398. The maximum Gasteiger partial charge on any atom is 0.275 e. The summed E-state index contributed by atoms with van der Waals surface area (Å²) in [6.45, 7) is 5.87. The number of amides is 1. The molecule has 0 radical (unpaired) electrons. The number of fused-ring (bicyclic) bond motifs is 2. The summed E-state index contributed by atoms with van der Waals surface area (Å²) < 4.78 is 15.8. The van der Waals surface area contributed by atoms with Crippen LogP contribution in [0.5, 0.6) is 0 Å². The van der Waals surface area contributed by atoms with E-state index in [1.165, 1.54) is 10.6 Å². The second-order valence-corrected chi connectivity index (χ2v) is 7.66. The Hall–Kier alpha value is -3.15. The fourth-order valence-corrected chi connectivity index (χ4v) is 4.36. The lowest BCUT2D eigenvalue weighted by atomic mass is 9.86. The number of benzene rings is 1. The van der Waals surface area contributed by atoms with E-state index in [1.54, 1.807) is 30.3 Å². The molecule has 1 N–H and O–H groups in total. The van der Waals surface area contributed by atoms with E-state index in [4.69, 9.17) is 0 Å². The standard InChI is InChI=1S/C23H24FN3O2/c1-4-11-27-13-18(17-12-14(2)25-21(17)23(27)29)22(28)26(3)20-10-6-7-15-16(20)8-5-9-19(15)24/h4-5,8-9,12-13,20,25H,1,6-7,10-11H2,2-3H3. The van der Waals surface area contributed by atoms with E-state index in [-0.39, 0.29) is 23.3 Å². The van der Waals surface area contributed by atoms with E-state index >= 15 is 0 Å². The van der Waals surface area contributed by atoms with Gasteiger partial charge in [-0.2, -0.15) is 0 Å². The molecule has 1 atom stereocenters. The fourth-order valence-electron chi connectivity index (χ4n) is 4.36. The van der Waals surface area contributed by atoms with Gasteiger partial charge in [-0.1, -0.05) is 18.2 Å². The van der Waals surface area contributed by atoms with E-state index in [9.17, 15) is 14.0 Å². The number of carbonyl (C=O) groups is 1. The number of aromatic amines is 1. The lowest BCUT2D eigenvalue weighted by Crippen LogP contribution is -2.34. The molecule has 3 aromatic rings. The summed E-state index contributed by atoms with van der Waals surface area (Å²) >= 11 is 0. The molecule has 0 saturated carbocycles. The van der Waals surface area contributed by atoms with Gasteiger partial charge in [-0.05, 0) is 49.4 Å².